The summed E-state index contributed by atoms with van der Waals surface area (Å²) in [6.07, 6.45) is -8.07. The van der Waals surface area contributed by atoms with Gasteiger partial charge in [-0.2, -0.15) is 13.2 Å². The molecule has 3 rings (SSSR count). The fraction of sp³-hybridized carbons (Fsp3) is 0.636. The molecule has 0 amide bonds. The van der Waals surface area contributed by atoms with Crippen molar-refractivity contribution < 1.29 is 33.2 Å². The number of hydrogen-bond acceptors (Lipinski definition) is 6. The Labute approximate surface area is 125 Å². The summed E-state index contributed by atoms with van der Waals surface area (Å²) in [5.74, 6) is -1.79. The zero-order valence-electron chi connectivity index (χ0n) is 10.7. The van der Waals surface area contributed by atoms with E-state index in [0.29, 0.717) is 4.57 Å². The zero-order chi connectivity index (χ0) is 16.5. The van der Waals surface area contributed by atoms with Gasteiger partial charge in [-0.1, -0.05) is 12.2 Å². The zero-order valence-corrected chi connectivity index (χ0v) is 11.6. The van der Waals surface area contributed by atoms with Crippen LogP contribution in [0.15, 0.2) is 17.1 Å². The second-order valence-corrected chi connectivity index (χ2v) is 5.79. The summed E-state index contributed by atoms with van der Waals surface area (Å²) in [6.45, 7) is -0.925. The first kappa shape index (κ1) is 15.6. The molecule has 11 heteroatoms. The Morgan fingerprint density at radius 1 is 1.50 bits per heavy atom. The topological polar surface area (TPSA) is 108 Å². The van der Waals surface area contributed by atoms with Gasteiger partial charge < -0.3 is 20.1 Å². The van der Waals surface area contributed by atoms with Gasteiger partial charge in [0.1, 0.15) is 10.2 Å². The lowest BCUT2D eigenvalue weighted by Gasteiger charge is -2.34. The molecule has 0 bridgehead atoms. The molecule has 0 spiro atoms. The molecule has 4 N–H and O–H groups in total. The first-order valence-electron chi connectivity index (χ1n) is 6.17. The van der Waals surface area contributed by atoms with Gasteiger partial charge in [0, 0.05) is 6.20 Å². The van der Waals surface area contributed by atoms with Crippen molar-refractivity contribution in [2.75, 3.05) is 6.61 Å². The van der Waals surface area contributed by atoms with E-state index in [0.717, 1.165) is 12.3 Å². The van der Waals surface area contributed by atoms with Crippen molar-refractivity contribution >= 4 is 12.2 Å². The fourth-order valence-electron chi connectivity index (χ4n) is 3.03. The molecule has 2 fully saturated rings. The average Bonchev–Trinajstić information content (AvgIpc) is 2.87. The van der Waals surface area contributed by atoms with Crippen LogP contribution in [0.4, 0.5) is 13.2 Å². The van der Waals surface area contributed by atoms with Crippen molar-refractivity contribution in [2.45, 2.75) is 29.7 Å². The normalized spacial score (nSPS) is 40.5. The number of aliphatic hydroxyl groups is 3. The highest BCUT2D eigenvalue weighted by Gasteiger charge is 2.88. The highest BCUT2D eigenvalue weighted by molar-refractivity contribution is 7.71. The molecule has 1 aromatic rings. The summed E-state index contributed by atoms with van der Waals surface area (Å²) in [5.41, 5.74) is -6.47. The van der Waals surface area contributed by atoms with Crippen LogP contribution in [0.3, 0.4) is 0 Å². The van der Waals surface area contributed by atoms with E-state index in [4.69, 9.17) is 4.74 Å². The van der Waals surface area contributed by atoms with Gasteiger partial charge in [-0.05, 0) is 6.07 Å². The Morgan fingerprint density at radius 2 is 2.14 bits per heavy atom. The molecule has 122 valence electrons. The van der Waals surface area contributed by atoms with Crippen LogP contribution in [0.25, 0.3) is 0 Å². The predicted molar refractivity (Wildman–Crippen MR) is 66.3 cm³/mol. The Kier molecular flexibility index (Phi) is 3.11. The summed E-state index contributed by atoms with van der Waals surface area (Å²) in [5, 5.41) is 29.0. The number of H-pyrrole nitrogens is 1. The van der Waals surface area contributed by atoms with Gasteiger partial charge in [0.15, 0.2) is 6.23 Å². The van der Waals surface area contributed by atoms with E-state index in [1.165, 1.54) is 0 Å². The summed E-state index contributed by atoms with van der Waals surface area (Å²) in [4.78, 5) is 13.9. The molecule has 7 nitrogen and oxygen atoms in total. The molecule has 22 heavy (non-hydrogen) atoms. The largest absolute Gasteiger partial charge is 0.422 e. The maximum absolute atomic E-state index is 13.4. The van der Waals surface area contributed by atoms with E-state index in [2.05, 4.69) is 17.2 Å². The maximum atomic E-state index is 13.4. The number of aliphatic hydroxyl groups excluding tert-OH is 2. The van der Waals surface area contributed by atoms with Crippen LogP contribution in [-0.2, 0) is 4.74 Å². The molecular weight excluding hydrogens is 329 g/mol. The molecule has 1 saturated carbocycles. The third kappa shape index (κ3) is 1.71. The van der Waals surface area contributed by atoms with E-state index in [1.54, 1.807) is 0 Å². The van der Waals surface area contributed by atoms with Crippen molar-refractivity contribution in [3.8, 4) is 0 Å². The van der Waals surface area contributed by atoms with Crippen molar-refractivity contribution in [1.29, 1.82) is 0 Å². The van der Waals surface area contributed by atoms with Crippen LogP contribution in [0, 0.1) is 10.6 Å². The monoisotopic (exact) mass is 340 g/mol. The molecular formula is C11H11F3N2O5S. The summed E-state index contributed by atoms with van der Waals surface area (Å²) < 4.78 is 45.7. The first-order valence-corrected chi connectivity index (χ1v) is 6.57. The Balaban J connectivity index is 2.15. The van der Waals surface area contributed by atoms with E-state index >= 15 is 0 Å². The van der Waals surface area contributed by atoms with E-state index < -0.39 is 47.9 Å². The number of rotatable bonds is 2. The van der Waals surface area contributed by atoms with Gasteiger partial charge in [-0.3, -0.25) is 9.55 Å². The highest BCUT2D eigenvalue weighted by Crippen LogP contribution is 2.67. The van der Waals surface area contributed by atoms with Gasteiger partial charge in [0.2, 0.25) is 5.60 Å². The Bertz CT molecular complexity index is 733. The minimum absolute atomic E-state index is 0.00291. The molecule has 3 unspecified atom stereocenters. The number of hydrogen-bond donors (Lipinski definition) is 4. The van der Waals surface area contributed by atoms with E-state index in [9.17, 15) is 33.3 Å². The smallest absolute Gasteiger partial charge is 0.393 e. The quantitative estimate of drug-likeness (QED) is 0.538. The lowest BCUT2D eigenvalue weighted by atomic mass is 9.94. The number of nitrogens with one attached hydrogen (secondary N) is 1. The number of aromatic amines is 1. The van der Waals surface area contributed by atoms with E-state index in [1.807, 2.05) is 0 Å². The Hall–Kier alpha value is -1.27. The molecule has 1 aliphatic carbocycles. The van der Waals surface area contributed by atoms with Crippen LogP contribution >= 0.6 is 12.2 Å². The van der Waals surface area contributed by atoms with Crippen molar-refractivity contribution in [2.24, 2.45) is 5.92 Å². The minimum Gasteiger partial charge on any atom is -0.393 e. The van der Waals surface area contributed by atoms with Gasteiger partial charge in [-0.25, -0.2) is 4.79 Å². The van der Waals surface area contributed by atoms with Crippen LogP contribution < -0.4 is 5.69 Å². The lowest BCUT2D eigenvalue weighted by molar-refractivity contribution is -0.306. The van der Waals surface area contributed by atoms with Crippen molar-refractivity contribution in [1.82, 2.24) is 9.55 Å². The molecule has 0 aromatic carbocycles. The average molecular weight is 340 g/mol. The second kappa shape index (κ2) is 4.38. The Morgan fingerprint density at radius 3 is 2.64 bits per heavy atom. The summed E-state index contributed by atoms with van der Waals surface area (Å²) in [7, 11) is 0. The van der Waals surface area contributed by atoms with Crippen molar-refractivity contribution in [3.63, 3.8) is 0 Å². The molecule has 2 heterocycles. The van der Waals surface area contributed by atoms with Crippen LogP contribution in [0.5, 0.6) is 0 Å². The first-order chi connectivity index (χ1) is 10.1. The minimum atomic E-state index is -5.19. The highest BCUT2D eigenvalue weighted by atomic mass is 32.1. The third-order valence-corrected chi connectivity index (χ3v) is 4.46. The number of aromatic nitrogens is 2. The van der Waals surface area contributed by atoms with Gasteiger partial charge in [0.25, 0.3) is 0 Å². The summed E-state index contributed by atoms with van der Waals surface area (Å²) >= 11 is 4.69. The molecule has 1 saturated heterocycles. The van der Waals surface area contributed by atoms with Crippen LogP contribution in [0.2, 0.25) is 0 Å². The van der Waals surface area contributed by atoms with Gasteiger partial charge in [0.05, 0.1) is 18.6 Å². The predicted octanol–water partition coefficient (Wildman–Crippen LogP) is -0.550. The summed E-state index contributed by atoms with van der Waals surface area (Å²) in [6, 6.07) is 1.16. The molecule has 1 aliphatic heterocycles. The lowest BCUT2D eigenvalue weighted by Crippen LogP contribution is -2.55. The van der Waals surface area contributed by atoms with Crippen LogP contribution in [0.1, 0.15) is 6.23 Å². The van der Waals surface area contributed by atoms with Gasteiger partial charge in [-0.15, -0.1) is 0 Å². The van der Waals surface area contributed by atoms with Crippen molar-refractivity contribution in [3.05, 3.63) is 27.4 Å². The van der Waals surface area contributed by atoms with E-state index in [-0.39, 0.29) is 4.64 Å². The van der Waals surface area contributed by atoms with Crippen LogP contribution in [-0.4, -0.2) is 55.0 Å². The molecule has 1 aromatic heterocycles. The maximum Gasteiger partial charge on any atom is 0.422 e. The molecule has 0 radical (unpaired) electrons. The second-order valence-electron chi connectivity index (χ2n) is 5.35. The number of fused-ring (bicyclic) bond motifs is 1. The number of alkyl halides is 3. The van der Waals surface area contributed by atoms with Gasteiger partial charge >= 0.3 is 11.9 Å². The SMILES string of the molecule is O=c1[nH]c(=S)ccn1[C@@H]1OC2(CO)C([C@H]2O)C1(O)C(F)(F)F. The standard InChI is InChI=1S/C11H11F3N2O5S/c12-11(13,14)10(20)5-6(18)9(5,3-17)21-7(10)16-2-1-4(22)15-8(16)19/h1-2,5-7,17-18,20H,3H2,(H,15,19,22)/t5?,6-,7-,9?,10?/m1/s1. The fourth-order valence-corrected chi connectivity index (χ4v) is 3.18. The third-order valence-electron chi connectivity index (χ3n) is 4.22. The molecule has 2 aliphatic rings. The molecule has 5 atom stereocenters. The number of ether oxygens (including phenoxy) is 1. The number of halogens is 3. The number of nitrogens with zero attached hydrogens (tertiary/aromatic N) is 1.